The highest BCUT2D eigenvalue weighted by atomic mass is 14.2. The van der Waals surface area contributed by atoms with Crippen molar-refractivity contribution in [1.29, 1.82) is 0 Å². The van der Waals surface area contributed by atoms with Gasteiger partial charge in [0.2, 0.25) is 0 Å². The van der Waals surface area contributed by atoms with Crippen LogP contribution >= 0.6 is 0 Å². The van der Waals surface area contributed by atoms with Crippen LogP contribution in [0.4, 0.5) is 0 Å². The molecule has 0 saturated heterocycles. The van der Waals surface area contributed by atoms with Crippen molar-refractivity contribution in [2.75, 3.05) is 0 Å². The summed E-state index contributed by atoms with van der Waals surface area (Å²) in [6.07, 6.45) is 8.14. The fraction of sp³-hybridized carbons (Fsp3) is 0.0833. The average Bonchev–Trinajstić information content (AvgIpc) is 2.63. The maximum absolute atomic E-state index is 4.08. The molecule has 24 heavy (non-hydrogen) atoms. The third-order valence-corrected chi connectivity index (χ3v) is 4.56. The van der Waals surface area contributed by atoms with Gasteiger partial charge in [-0.3, -0.25) is 0 Å². The molecule has 1 aliphatic carbocycles. The summed E-state index contributed by atoms with van der Waals surface area (Å²) in [5.74, 6) is 0. The van der Waals surface area contributed by atoms with Crippen molar-refractivity contribution in [3.05, 3.63) is 108 Å². The van der Waals surface area contributed by atoms with Crippen LogP contribution in [0.5, 0.6) is 0 Å². The van der Waals surface area contributed by atoms with E-state index in [1.807, 2.05) is 19.1 Å². The van der Waals surface area contributed by atoms with Crippen LogP contribution < -0.4 is 0 Å². The largest absolute Gasteiger partial charge is 0.0984 e. The number of hydrogen-bond donors (Lipinski definition) is 0. The Labute approximate surface area is 144 Å². The van der Waals surface area contributed by atoms with Gasteiger partial charge >= 0.3 is 0 Å². The van der Waals surface area contributed by atoms with Gasteiger partial charge in [-0.05, 0) is 58.4 Å². The summed E-state index contributed by atoms with van der Waals surface area (Å²) in [6, 6.07) is 17.1. The molecule has 1 aliphatic rings. The molecule has 0 unspecified atom stereocenters. The molecule has 0 atom stereocenters. The quantitative estimate of drug-likeness (QED) is 0.582. The lowest BCUT2D eigenvalue weighted by Gasteiger charge is -2.23. The lowest BCUT2D eigenvalue weighted by Crippen LogP contribution is -2.01. The van der Waals surface area contributed by atoms with E-state index in [9.17, 15) is 0 Å². The second-order valence-electron chi connectivity index (χ2n) is 5.87. The molecule has 0 amide bonds. The lowest BCUT2D eigenvalue weighted by molar-refractivity contribution is 1.43. The van der Waals surface area contributed by atoms with Crippen LogP contribution in [-0.2, 0) is 0 Å². The normalized spacial score (nSPS) is 20.1. The predicted octanol–water partition coefficient (Wildman–Crippen LogP) is 6.84. The van der Waals surface area contributed by atoms with Crippen LogP contribution in [0.15, 0.2) is 97.1 Å². The molecule has 0 N–H and O–H groups in total. The molecule has 0 spiro atoms. The van der Waals surface area contributed by atoms with E-state index in [2.05, 4.69) is 80.8 Å². The van der Waals surface area contributed by atoms with Gasteiger partial charge in [0.05, 0.1) is 0 Å². The monoisotopic (exact) mass is 310 g/mol. The third-order valence-electron chi connectivity index (χ3n) is 4.56. The smallest absolute Gasteiger partial charge is 0.00991 e. The van der Waals surface area contributed by atoms with Gasteiger partial charge in [-0.25, -0.2) is 0 Å². The average molecular weight is 310 g/mol. The maximum Gasteiger partial charge on any atom is -0.00991 e. The number of benzene rings is 2. The van der Waals surface area contributed by atoms with Crippen molar-refractivity contribution in [3.8, 4) is 11.1 Å². The molecule has 0 nitrogen and oxygen atoms in total. The topological polar surface area (TPSA) is 0 Å². The van der Waals surface area contributed by atoms with E-state index >= 15 is 0 Å². The Kier molecular flexibility index (Phi) is 4.48. The van der Waals surface area contributed by atoms with Crippen molar-refractivity contribution >= 4 is 11.1 Å². The van der Waals surface area contributed by atoms with Crippen LogP contribution in [0.2, 0.25) is 0 Å². The summed E-state index contributed by atoms with van der Waals surface area (Å²) >= 11 is 0. The second-order valence-corrected chi connectivity index (χ2v) is 5.87. The van der Waals surface area contributed by atoms with Gasteiger partial charge in [0.1, 0.15) is 0 Å². The zero-order valence-corrected chi connectivity index (χ0v) is 14.3. The molecule has 3 rings (SSSR count). The van der Waals surface area contributed by atoms with Gasteiger partial charge in [-0.2, -0.15) is 0 Å². The molecule has 0 fully saturated rings. The molecule has 0 aliphatic heterocycles. The maximum atomic E-state index is 4.08. The fourth-order valence-electron chi connectivity index (χ4n) is 3.46. The molecule has 2 aromatic carbocycles. The van der Waals surface area contributed by atoms with Gasteiger partial charge in [-0.1, -0.05) is 86.0 Å². The minimum atomic E-state index is 1.13. The second kappa shape index (κ2) is 6.72. The van der Waals surface area contributed by atoms with Crippen LogP contribution in [0.25, 0.3) is 22.3 Å². The Balaban J connectivity index is 2.54. The van der Waals surface area contributed by atoms with Gasteiger partial charge in [0.25, 0.3) is 0 Å². The highest BCUT2D eigenvalue weighted by Gasteiger charge is 2.19. The molecule has 0 heterocycles. The summed E-state index contributed by atoms with van der Waals surface area (Å²) < 4.78 is 0. The summed E-state index contributed by atoms with van der Waals surface area (Å²) in [5, 5.41) is 0. The van der Waals surface area contributed by atoms with Gasteiger partial charge in [0, 0.05) is 0 Å². The Bertz CT molecular complexity index is 901. The lowest BCUT2D eigenvalue weighted by atomic mass is 9.81. The van der Waals surface area contributed by atoms with E-state index in [-0.39, 0.29) is 0 Å². The van der Waals surface area contributed by atoms with E-state index in [0.29, 0.717) is 0 Å². The van der Waals surface area contributed by atoms with Crippen LogP contribution in [0.1, 0.15) is 25.0 Å². The third kappa shape index (κ3) is 2.51. The van der Waals surface area contributed by atoms with E-state index in [1.54, 1.807) is 0 Å². The molecule has 118 valence electrons. The van der Waals surface area contributed by atoms with E-state index in [1.165, 1.54) is 33.4 Å². The first kappa shape index (κ1) is 16.0. The molecule has 0 radical (unpaired) electrons. The Morgan fingerprint density at radius 1 is 0.667 bits per heavy atom. The minimum Gasteiger partial charge on any atom is -0.0984 e. The molecule has 0 saturated carbocycles. The standard InChI is InChI=1S/C24H22/c1-5-12-20-17(4)21-13-8-9-15-23(21)24-16-11-10-14-22(24)19(7-3)18(20)6-2/h5-16H,2-3H2,1,4H3/b12-5-,19-18-,20-17-,20-18?,21-17?,22-19?,24-23?. The van der Waals surface area contributed by atoms with Crippen molar-refractivity contribution in [3.63, 3.8) is 0 Å². The van der Waals surface area contributed by atoms with Crippen molar-refractivity contribution < 1.29 is 0 Å². The first-order valence-corrected chi connectivity index (χ1v) is 8.25. The highest BCUT2D eigenvalue weighted by Crippen LogP contribution is 2.41. The number of fused-ring (bicyclic) bond motifs is 3. The number of hydrogen-bond acceptors (Lipinski definition) is 0. The van der Waals surface area contributed by atoms with Crippen LogP contribution in [0, 0.1) is 0 Å². The summed E-state index contributed by atoms with van der Waals surface area (Å²) in [4.78, 5) is 0. The first-order chi connectivity index (χ1) is 11.7. The van der Waals surface area contributed by atoms with E-state index < -0.39 is 0 Å². The van der Waals surface area contributed by atoms with Crippen molar-refractivity contribution in [2.24, 2.45) is 0 Å². The summed E-state index contributed by atoms with van der Waals surface area (Å²) in [5.41, 5.74) is 9.67. The van der Waals surface area contributed by atoms with Gasteiger partial charge < -0.3 is 0 Å². The molecule has 0 heteroatoms. The number of rotatable bonds is 3. The number of allylic oxidation sites excluding steroid dienone is 8. The fourth-order valence-corrected chi connectivity index (χ4v) is 3.46. The van der Waals surface area contributed by atoms with Crippen LogP contribution in [-0.4, -0.2) is 0 Å². The Morgan fingerprint density at radius 3 is 1.71 bits per heavy atom. The minimum absolute atomic E-state index is 1.13. The zero-order chi connectivity index (χ0) is 17.1. The van der Waals surface area contributed by atoms with Crippen molar-refractivity contribution in [1.82, 2.24) is 0 Å². The molecule has 2 aromatic rings. The van der Waals surface area contributed by atoms with Crippen molar-refractivity contribution in [2.45, 2.75) is 13.8 Å². The summed E-state index contributed by atoms with van der Waals surface area (Å²) in [6.45, 7) is 12.4. The Morgan fingerprint density at radius 2 is 1.17 bits per heavy atom. The predicted molar refractivity (Wildman–Crippen MR) is 107 cm³/mol. The van der Waals surface area contributed by atoms with E-state index in [0.717, 1.165) is 11.1 Å². The van der Waals surface area contributed by atoms with E-state index in [4.69, 9.17) is 0 Å². The molecule has 0 bridgehead atoms. The highest BCUT2D eigenvalue weighted by molar-refractivity contribution is 5.97. The Hall–Kier alpha value is -2.86. The van der Waals surface area contributed by atoms with Crippen LogP contribution in [0.3, 0.4) is 0 Å². The first-order valence-electron chi connectivity index (χ1n) is 8.25. The van der Waals surface area contributed by atoms with Gasteiger partial charge in [-0.15, -0.1) is 0 Å². The SMILES string of the molecule is C=C/C1=C(\C=C)c2ccccc2-c2ccccc2/C(C)=C1/C=C\C. The molecule has 0 aromatic heterocycles. The molecular formula is C24H22. The zero-order valence-electron chi connectivity index (χ0n) is 14.3. The molecular weight excluding hydrogens is 288 g/mol. The summed E-state index contributed by atoms with van der Waals surface area (Å²) in [7, 11) is 0. The van der Waals surface area contributed by atoms with Gasteiger partial charge in [0.15, 0.2) is 0 Å².